The lowest BCUT2D eigenvalue weighted by molar-refractivity contribution is -0.117. The molecule has 0 spiro atoms. The molecule has 146 valence electrons. The molecule has 0 saturated heterocycles. The molecule has 1 aliphatic heterocycles. The summed E-state index contributed by atoms with van der Waals surface area (Å²) >= 11 is 0. The van der Waals surface area contributed by atoms with Gasteiger partial charge < -0.3 is 15.0 Å². The van der Waals surface area contributed by atoms with Crippen molar-refractivity contribution in [1.29, 1.82) is 0 Å². The Morgan fingerprint density at radius 2 is 1.93 bits per heavy atom. The van der Waals surface area contributed by atoms with Crippen molar-refractivity contribution in [3.63, 3.8) is 0 Å². The minimum Gasteiger partial charge on any atom is -0.496 e. The molecule has 0 fully saturated rings. The maximum absolute atomic E-state index is 12.7. The number of nitrogens with one attached hydrogen (secondary N) is 1. The second-order valence-electron chi connectivity index (χ2n) is 6.79. The number of nitrogens with zero attached hydrogens (tertiary/aromatic N) is 2. The summed E-state index contributed by atoms with van der Waals surface area (Å²) in [4.78, 5) is 31.3. The molecule has 1 aromatic heterocycles. The Balaban J connectivity index is 1.48. The van der Waals surface area contributed by atoms with Gasteiger partial charge in [0.15, 0.2) is 0 Å². The highest BCUT2D eigenvalue weighted by molar-refractivity contribution is 6.06. The summed E-state index contributed by atoms with van der Waals surface area (Å²) in [7, 11) is 1.54. The van der Waals surface area contributed by atoms with Crippen molar-refractivity contribution < 1.29 is 14.3 Å². The molecule has 0 aliphatic carbocycles. The largest absolute Gasteiger partial charge is 0.496 e. The van der Waals surface area contributed by atoms with E-state index in [2.05, 4.69) is 10.3 Å². The predicted octanol–water partition coefficient (Wildman–Crippen LogP) is 3.47. The number of amides is 2. The highest BCUT2D eigenvalue weighted by Crippen LogP contribution is 2.31. The van der Waals surface area contributed by atoms with Crippen molar-refractivity contribution in [2.75, 3.05) is 23.9 Å². The number of anilines is 2. The van der Waals surface area contributed by atoms with Gasteiger partial charge in [0.25, 0.3) is 5.91 Å². The number of methoxy groups -OCH3 is 1. The van der Waals surface area contributed by atoms with Crippen molar-refractivity contribution in [2.45, 2.75) is 12.8 Å². The molecular weight excluding hydrogens is 366 g/mol. The van der Waals surface area contributed by atoms with E-state index < -0.39 is 0 Å². The average Bonchev–Trinajstić information content (AvgIpc) is 3.18. The molecule has 29 heavy (non-hydrogen) atoms. The van der Waals surface area contributed by atoms with Crippen LogP contribution in [-0.2, 0) is 17.6 Å². The first kappa shape index (κ1) is 18.7. The van der Waals surface area contributed by atoms with E-state index in [4.69, 9.17) is 4.74 Å². The molecule has 0 atom stereocenters. The molecule has 6 nitrogen and oxygen atoms in total. The first-order valence-corrected chi connectivity index (χ1v) is 9.43. The van der Waals surface area contributed by atoms with Gasteiger partial charge in [-0.05, 0) is 54.4 Å². The van der Waals surface area contributed by atoms with Gasteiger partial charge in [-0.2, -0.15) is 0 Å². The highest BCUT2D eigenvalue weighted by Gasteiger charge is 2.25. The van der Waals surface area contributed by atoms with Gasteiger partial charge in [0.1, 0.15) is 5.75 Å². The van der Waals surface area contributed by atoms with Gasteiger partial charge in [-0.3, -0.25) is 14.6 Å². The number of ether oxygens (including phenoxy) is 1. The minimum atomic E-state index is -0.233. The molecule has 3 aromatic rings. The first-order valence-electron chi connectivity index (χ1n) is 9.43. The highest BCUT2D eigenvalue weighted by atomic mass is 16.5. The Morgan fingerprint density at radius 1 is 1.10 bits per heavy atom. The van der Waals surface area contributed by atoms with Crippen molar-refractivity contribution in [3.05, 3.63) is 83.7 Å². The number of rotatable bonds is 5. The van der Waals surface area contributed by atoms with Gasteiger partial charge in [0.05, 0.1) is 19.1 Å². The van der Waals surface area contributed by atoms with Crippen LogP contribution in [0.1, 0.15) is 21.6 Å². The van der Waals surface area contributed by atoms with Crippen LogP contribution in [0.3, 0.4) is 0 Å². The fraction of sp³-hybridized carbons (Fsp3) is 0.174. The number of pyridine rings is 1. The van der Waals surface area contributed by atoms with Crippen LogP contribution >= 0.6 is 0 Å². The van der Waals surface area contributed by atoms with E-state index in [9.17, 15) is 9.59 Å². The third-order valence-electron chi connectivity index (χ3n) is 4.94. The van der Waals surface area contributed by atoms with Crippen molar-refractivity contribution in [2.24, 2.45) is 0 Å². The number of aromatic nitrogens is 1. The third-order valence-corrected chi connectivity index (χ3v) is 4.94. The van der Waals surface area contributed by atoms with Crippen molar-refractivity contribution in [1.82, 2.24) is 4.98 Å². The van der Waals surface area contributed by atoms with E-state index in [0.29, 0.717) is 23.5 Å². The summed E-state index contributed by atoms with van der Waals surface area (Å²) in [6, 6.07) is 18.3. The molecule has 0 bridgehead atoms. The molecule has 6 heteroatoms. The number of fused-ring (bicyclic) bond motifs is 1. The van der Waals surface area contributed by atoms with Gasteiger partial charge in [-0.1, -0.05) is 18.2 Å². The van der Waals surface area contributed by atoms with Gasteiger partial charge in [0.2, 0.25) is 5.91 Å². The average molecular weight is 387 g/mol. The first-order chi connectivity index (χ1) is 14.2. The topological polar surface area (TPSA) is 71.5 Å². The zero-order valence-electron chi connectivity index (χ0n) is 16.1. The summed E-state index contributed by atoms with van der Waals surface area (Å²) in [6.07, 6.45) is 2.71. The predicted molar refractivity (Wildman–Crippen MR) is 111 cm³/mol. The standard InChI is InChI=1S/C23H21N3O3/c1-29-21-8-3-2-7-19(21)23(28)25-18-9-10-20-16(14-18)11-13-26(20)22(27)15-17-6-4-5-12-24-17/h2-10,12,14H,11,13,15H2,1H3,(H,25,28). The lowest BCUT2D eigenvalue weighted by Crippen LogP contribution is -2.30. The molecule has 0 radical (unpaired) electrons. The van der Waals surface area contributed by atoms with Crippen LogP contribution in [0.2, 0.25) is 0 Å². The maximum Gasteiger partial charge on any atom is 0.259 e. The lowest BCUT2D eigenvalue weighted by Gasteiger charge is -2.17. The second kappa shape index (κ2) is 8.14. The number of carbonyl (C=O) groups excluding carboxylic acids is 2. The fourth-order valence-electron chi connectivity index (χ4n) is 3.52. The van der Waals surface area contributed by atoms with Gasteiger partial charge >= 0.3 is 0 Å². The monoisotopic (exact) mass is 387 g/mol. The SMILES string of the molecule is COc1ccccc1C(=O)Nc1ccc2c(c1)CCN2C(=O)Cc1ccccn1. The van der Waals surface area contributed by atoms with Crippen LogP contribution in [0, 0.1) is 0 Å². The number of benzene rings is 2. The summed E-state index contributed by atoms with van der Waals surface area (Å²) in [5.41, 5.74) is 3.85. The van der Waals surface area contributed by atoms with Crippen LogP contribution in [0.15, 0.2) is 66.9 Å². The molecule has 0 saturated carbocycles. The van der Waals surface area contributed by atoms with E-state index in [1.807, 2.05) is 42.5 Å². The van der Waals surface area contributed by atoms with Crippen LogP contribution in [0.5, 0.6) is 5.75 Å². The third kappa shape index (κ3) is 3.96. The molecule has 1 N–H and O–H groups in total. The normalized spacial score (nSPS) is 12.4. The Bertz CT molecular complexity index is 1050. The Labute approximate surface area is 169 Å². The molecule has 1 aliphatic rings. The quantitative estimate of drug-likeness (QED) is 0.728. The van der Waals surface area contributed by atoms with E-state index in [1.165, 1.54) is 7.11 Å². The van der Waals surface area contributed by atoms with Crippen LogP contribution in [0.25, 0.3) is 0 Å². The van der Waals surface area contributed by atoms with E-state index in [-0.39, 0.29) is 18.2 Å². The number of hydrogen-bond donors (Lipinski definition) is 1. The summed E-state index contributed by atoms with van der Waals surface area (Å²) < 4.78 is 5.26. The number of hydrogen-bond acceptors (Lipinski definition) is 4. The minimum absolute atomic E-state index is 0.0215. The van der Waals surface area contributed by atoms with E-state index >= 15 is 0 Å². The number of carbonyl (C=O) groups is 2. The van der Waals surface area contributed by atoms with E-state index in [0.717, 1.165) is 23.4 Å². The Morgan fingerprint density at radius 3 is 2.72 bits per heavy atom. The van der Waals surface area contributed by atoms with Crippen LogP contribution in [0.4, 0.5) is 11.4 Å². The Kier molecular flexibility index (Phi) is 5.24. The number of para-hydroxylation sites is 1. The second-order valence-corrected chi connectivity index (χ2v) is 6.79. The zero-order chi connectivity index (χ0) is 20.2. The van der Waals surface area contributed by atoms with Crippen LogP contribution in [-0.4, -0.2) is 30.5 Å². The molecule has 4 rings (SSSR count). The van der Waals surface area contributed by atoms with Gasteiger partial charge in [-0.25, -0.2) is 0 Å². The fourth-order valence-corrected chi connectivity index (χ4v) is 3.52. The van der Waals surface area contributed by atoms with E-state index in [1.54, 1.807) is 29.3 Å². The molecule has 2 heterocycles. The molecular formula is C23H21N3O3. The molecule has 2 aromatic carbocycles. The van der Waals surface area contributed by atoms with Crippen molar-refractivity contribution >= 4 is 23.2 Å². The zero-order valence-corrected chi connectivity index (χ0v) is 16.1. The molecule has 2 amide bonds. The summed E-state index contributed by atoms with van der Waals surface area (Å²) in [5.74, 6) is 0.314. The van der Waals surface area contributed by atoms with Gasteiger partial charge in [-0.15, -0.1) is 0 Å². The van der Waals surface area contributed by atoms with Crippen LogP contribution < -0.4 is 15.0 Å². The lowest BCUT2D eigenvalue weighted by atomic mass is 10.1. The summed E-state index contributed by atoms with van der Waals surface area (Å²) in [5, 5.41) is 2.91. The maximum atomic E-state index is 12.7. The smallest absolute Gasteiger partial charge is 0.259 e. The summed E-state index contributed by atoms with van der Waals surface area (Å²) in [6.45, 7) is 0.630. The van der Waals surface area contributed by atoms with Gasteiger partial charge in [0, 0.05) is 29.8 Å². The van der Waals surface area contributed by atoms with Crippen molar-refractivity contribution in [3.8, 4) is 5.75 Å². The molecule has 0 unspecified atom stereocenters. The Hall–Kier alpha value is -3.67.